The van der Waals surface area contributed by atoms with Gasteiger partial charge in [-0.3, -0.25) is 4.79 Å². The van der Waals surface area contributed by atoms with Crippen LogP contribution in [0.3, 0.4) is 0 Å². The highest BCUT2D eigenvalue weighted by Crippen LogP contribution is 1.98. The zero-order chi connectivity index (χ0) is 7.98. The average Bonchev–Trinajstić information content (AvgIpc) is 1.91. The molecule has 3 heteroatoms. The number of amides is 1. The number of nitriles is 1. The number of carbonyl (C=O) groups is 1. The van der Waals surface area contributed by atoms with E-state index >= 15 is 0 Å². The van der Waals surface area contributed by atoms with Crippen LogP contribution in [0.15, 0.2) is 0 Å². The van der Waals surface area contributed by atoms with Crippen molar-refractivity contribution in [1.82, 2.24) is 5.32 Å². The Labute approximate surface area is 61.0 Å². The Kier molecular flexibility index (Phi) is 4.30. The van der Waals surface area contributed by atoms with Crippen molar-refractivity contribution in [2.45, 2.75) is 20.3 Å². The first-order valence-corrected chi connectivity index (χ1v) is 3.43. The van der Waals surface area contributed by atoms with Crippen molar-refractivity contribution < 1.29 is 4.79 Å². The Morgan fingerprint density at radius 2 is 2.30 bits per heavy atom. The summed E-state index contributed by atoms with van der Waals surface area (Å²) >= 11 is 0. The molecule has 1 atom stereocenters. The van der Waals surface area contributed by atoms with Crippen molar-refractivity contribution in [3.63, 3.8) is 0 Å². The summed E-state index contributed by atoms with van der Waals surface area (Å²) in [4.78, 5) is 10.9. The third-order valence-electron chi connectivity index (χ3n) is 1.23. The summed E-state index contributed by atoms with van der Waals surface area (Å²) in [5.41, 5.74) is 0. The molecule has 1 amide bonds. The van der Waals surface area contributed by atoms with Crippen LogP contribution in [0.1, 0.15) is 20.3 Å². The zero-order valence-corrected chi connectivity index (χ0v) is 6.35. The fourth-order valence-electron chi connectivity index (χ4n) is 0.633. The molecule has 3 nitrogen and oxygen atoms in total. The molecule has 10 heavy (non-hydrogen) atoms. The van der Waals surface area contributed by atoms with E-state index in [4.69, 9.17) is 5.26 Å². The van der Waals surface area contributed by atoms with E-state index in [2.05, 4.69) is 5.32 Å². The van der Waals surface area contributed by atoms with Gasteiger partial charge in [0.25, 0.3) is 0 Å². The van der Waals surface area contributed by atoms with Gasteiger partial charge in [-0.25, -0.2) is 0 Å². The summed E-state index contributed by atoms with van der Waals surface area (Å²) in [6.45, 7) is 4.25. The monoisotopic (exact) mass is 140 g/mol. The van der Waals surface area contributed by atoms with Crippen LogP contribution in [0.4, 0.5) is 0 Å². The zero-order valence-electron chi connectivity index (χ0n) is 6.35. The minimum absolute atomic E-state index is 0.160. The molecule has 0 heterocycles. The van der Waals surface area contributed by atoms with E-state index < -0.39 is 5.92 Å². The first kappa shape index (κ1) is 8.96. The summed E-state index contributed by atoms with van der Waals surface area (Å²) in [6, 6.07) is 1.92. The Morgan fingerprint density at radius 3 is 2.60 bits per heavy atom. The van der Waals surface area contributed by atoms with Crippen LogP contribution in [-0.4, -0.2) is 12.5 Å². The SMILES string of the molecule is CCNC(=O)C(C#N)CC. The number of hydrogen-bond donors (Lipinski definition) is 1. The summed E-state index contributed by atoms with van der Waals surface area (Å²) in [5.74, 6) is -0.632. The average molecular weight is 140 g/mol. The second kappa shape index (κ2) is 4.80. The summed E-state index contributed by atoms with van der Waals surface area (Å²) in [5, 5.41) is 11.0. The van der Waals surface area contributed by atoms with Crippen LogP contribution >= 0.6 is 0 Å². The highest BCUT2D eigenvalue weighted by molar-refractivity contribution is 5.80. The van der Waals surface area contributed by atoms with Gasteiger partial charge < -0.3 is 5.32 Å². The number of nitrogens with one attached hydrogen (secondary N) is 1. The molecule has 56 valence electrons. The normalized spacial score (nSPS) is 11.7. The standard InChI is InChI=1S/C7H12N2O/c1-3-6(5-8)7(10)9-4-2/h6H,3-4H2,1-2H3,(H,9,10). The molecule has 0 aliphatic rings. The van der Waals surface area contributed by atoms with Crippen LogP contribution in [0.25, 0.3) is 0 Å². The number of rotatable bonds is 3. The summed E-state index contributed by atoms with van der Waals surface area (Å²) in [7, 11) is 0. The van der Waals surface area contributed by atoms with Crippen LogP contribution in [0.2, 0.25) is 0 Å². The minimum atomic E-state index is -0.472. The topological polar surface area (TPSA) is 52.9 Å². The van der Waals surface area contributed by atoms with Gasteiger partial charge in [-0.05, 0) is 13.3 Å². The lowest BCUT2D eigenvalue weighted by molar-refractivity contribution is -0.123. The van der Waals surface area contributed by atoms with Gasteiger partial charge in [-0.15, -0.1) is 0 Å². The lowest BCUT2D eigenvalue weighted by atomic mass is 10.1. The van der Waals surface area contributed by atoms with Crippen molar-refractivity contribution in [2.75, 3.05) is 6.54 Å². The van der Waals surface area contributed by atoms with Gasteiger partial charge in [0.05, 0.1) is 6.07 Å². The second-order valence-corrected chi connectivity index (χ2v) is 1.98. The first-order valence-electron chi connectivity index (χ1n) is 3.43. The van der Waals surface area contributed by atoms with Crippen LogP contribution in [0.5, 0.6) is 0 Å². The molecule has 0 saturated heterocycles. The molecule has 1 unspecified atom stereocenters. The molecule has 0 aromatic heterocycles. The molecular weight excluding hydrogens is 128 g/mol. The maximum Gasteiger partial charge on any atom is 0.237 e. The van der Waals surface area contributed by atoms with E-state index in [9.17, 15) is 4.79 Å². The smallest absolute Gasteiger partial charge is 0.237 e. The largest absolute Gasteiger partial charge is 0.355 e. The van der Waals surface area contributed by atoms with Crippen molar-refractivity contribution in [2.24, 2.45) is 5.92 Å². The van der Waals surface area contributed by atoms with Crippen LogP contribution in [-0.2, 0) is 4.79 Å². The Balaban J connectivity index is 3.80. The minimum Gasteiger partial charge on any atom is -0.355 e. The fourth-order valence-corrected chi connectivity index (χ4v) is 0.633. The van der Waals surface area contributed by atoms with Crippen molar-refractivity contribution >= 4 is 5.91 Å². The quantitative estimate of drug-likeness (QED) is 0.626. The van der Waals surface area contributed by atoms with Crippen LogP contribution < -0.4 is 5.32 Å². The molecule has 1 N–H and O–H groups in total. The maximum atomic E-state index is 10.9. The molecule has 0 aliphatic heterocycles. The molecule has 0 aromatic carbocycles. The van der Waals surface area contributed by atoms with Gasteiger partial charge >= 0.3 is 0 Å². The van der Waals surface area contributed by atoms with Crippen molar-refractivity contribution in [3.8, 4) is 6.07 Å². The molecule has 0 spiro atoms. The summed E-state index contributed by atoms with van der Waals surface area (Å²) in [6.07, 6.45) is 0.586. The van der Waals surface area contributed by atoms with E-state index in [1.807, 2.05) is 19.9 Å². The van der Waals surface area contributed by atoms with Gasteiger partial charge in [-0.1, -0.05) is 6.92 Å². The first-order chi connectivity index (χ1) is 4.76. The lowest BCUT2D eigenvalue weighted by Crippen LogP contribution is -2.29. The maximum absolute atomic E-state index is 10.9. The molecule has 0 radical (unpaired) electrons. The molecule has 0 saturated carbocycles. The van der Waals surface area contributed by atoms with Crippen LogP contribution in [0, 0.1) is 17.2 Å². The molecule has 0 fully saturated rings. The highest BCUT2D eigenvalue weighted by atomic mass is 16.1. The number of carbonyl (C=O) groups excluding carboxylic acids is 1. The molecule has 0 rings (SSSR count). The fraction of sp³-hybridized carbons (Fsp3) is 0.714. The predicted molar refractivity (Wildman–Crippen MR) is 38.1 cm³/mol. The molecule has 0 aromatic rings. The molecule has 0 bridgehead atoms. The third-order valence-corrected chi connectivity index (χ3v) is 1.23. The van der Waals surface area contributed by atoms with Gasteiger partial charge in [0.2, 0.25) is 5.91 Å². The Hall–Kier alpha value is -1.04. The number of hydrogen-bond acceptors (Lipinski definition) is 2. The van der Waals surface area contributed by atoms with E-state index in [0.29, 0.717) is 13.0 Å². The second-order valence-electron chi connectivity index (χ2n) is 1.98. The van der Waals surface area contributed by atoms with Gasteiger partial charge in [-0.2, -0.15) is 5.26 Å². The van der Waals surface area contributed by atoms with Gasteiger partial charge in [0, 0.05) is 6.54 Å². The van der Waals surface area contributed by atoms with Gasteiger partial charge in [0.15, 0.2) is 0 Å². The highest BCUT2D eigenvalue weighted by Gasteiger charge is 2.12. The third kappa shape index (κ3) is 2.49. The van der Waals surface area contributed by atoms with Crippen molar-refractivity contribution in [1.29, 1.82) is 5.26 Å². The van der Waals surface area contributed by atoms with E-state index in [-0.39, 0.29) is 5.91 Å². The summed E-state index contributed by atoms with van der Waals surface area (Å²) < 4.78 is 0. The lowest BCUT2D eigenvalue weighted by Gasteiger charge is -2.04. The van der Waals surface area contributed by atoms with E-state index in [1.54, 1.807) is 0 Å². The molecular formula is C7H12N2O. The van der Waals surface area contributed by atoms with E-state index in [1.165, 1.54) is 0 Å². The molecule has 0 aliphatic carbocycles. The Morgan fingerprint density at radius 1 is 1.70 bits per heavy atom. The van der Waals surface area contributed by atoms with Crippen molar-refractivity contribution in [3.05, 3.63) is 0 Å². The predicted octanol–water partition coefficient (Wildman–Crippen LogP) is 0.672. The Bertz CT molecular complexity index is 148. The number of nitrogens with zero attached hydrogens (tertiary/aromatic N) is 1. The van der Waals surface area contributed by atoms with E-state index in [0.717, 1.165) is 0 Å². The van der Waals surface area contributed by atoms with Gasteiger partial charge in [0.1, 0.15) is 5.92 Å².